The van der Waals surface area contributed by atoms with Crippen LogP contribution in [0.5, 0.6) is 0 Å². The highest BCUT2D eigenvalue weighted by molar-refractivity contribution is 5.03. The highest BCUT2D eigenvalue weighted by Crippen LogP contribution is 2.25. The molecule has 13 heavy (non-hydrogen) atoms. The van der Waals surface area contributed by atoms with E-state index in [-0.39, 0.29) is 17.6 Å². The van der Waals surface area contributed by atoms with Crippen molar-refractivity contribution >= 4 is 0 Å². The molecule has 0 amide bonds. The van der Waals surface area contributed by atoms with Gasteiger partial charge in [-0.25, -0.2) is 4.98 Å². The summed E-state index contributed by atoms with van der Waals surface area (Å²) in [4.78, 5) is 3.62. The van der Waals surface area contributed by atoms with E-state index in [9.17, 15) is 8.78 Å². The first-order valence-corrected chi connectivity index (χ1v) is 3.98. The molecule has 0 fully saturated rings. The molecule has 0 saturated heterocycles. The smallest absolute Gasteiger partial charge is 0.290 e. The lowest BCUT2D eigenvalue weighted by Crippen LogP contribution is -2.18. The summed E-state index contributed by atoms with van der Waals surface area (Å²) in [5.74, 6) is -2.69. The third-order valence-electron chi connectivity index (χ3n) is 1.50. The summed E-state index contributed by atoms with van der Waals surface area (Å²) in [6.07, 6.45) is 1.34. The second-order valence-corrected chi connectivity index (χ2v) is 3.20. The van der Waals surface area contributed by atoms with Crippen LogP contribution in [0.4, 0.5) is 8.78 Å². The number of alkyl halides is 2. The highest BCUT2D eigenvalue weighted by Gasteiger charge is 2.28. The Bertz CT molecular complexity index is 278. The number of nitrogens with zero attached hydrogens (tertiary/aromatic N) is 1. The van der Waals surface area contributed by atoms with E-state index >= 15 is 0 Å². The van der Waals surface area contributed by atoms with Crippen LogP contribution in [0.25, 0.3) is 0 Å². The minimum Gasteiger partial charge on any atom is -0.448 e. The molecule has 3 nitrogen and oxygen atoms in total. The topological polar surface area (TPSA) is 52.0 Å². The van der Waals surface area contributed by atoms with Crippen molar-refractivity contribution in [3.63, 3.8) is 0 Å². The summed E-state index contributed by atoms with van der Waals surface area (Å²) in [6, 6.07) is -0.142. The molecule has 74 valence electrons. The molecular formula is C8H12F2N2O. The molecule has 0 aliphatic rings. The van der Waals surface area contributed by atoms with Gasteiger partial charge in [-0.2, -0.15) is 8.78 Å². The lowest BCUT2D eigenvalue weighted by atomic mass is 10.2. The molecule has 1 rings (SSSR count). The van der Waals surface area contributed by atoms with Crippen LogP contribution >= 0.6 is 0 Å². The molecule has 0 spiro atoms. The number of oxazole rings is 1. The van der Waals surface area contributed by atoms with Crippen LogP contribution in [-0.4, -0.2) is 11.0 Å². The minimum absolute atomic E-state index is 0.142. The number of rotatable bonds is 3. The van der Waals surface area contributed by atoms with Gasteiger partial charge in [-0.15, -0.1) is 0 Å². The molecule has 1 atom stereocenters. The molecule has 1 aromatic rings. The summed E-state index contributed by atoms with van der Waals surface area (Å²) in [6.45, 7) is 2.54. The Morgan fingerprint density at radius 2 is 2.31 bits per heavy atom. The number of hydrogen-bond acceptors (Lipinski definition) is 3. The molecule has 5 heteroatoms. The number of hydrogen-bond donors (Lipinski definition) is 1. The van der Waals surface area contributed by atoms with E-state index in [2.05, 4.69) is 4.98 Å². The molecule has 1 unspecified atom stereocenters. The van der Waals surface area contributed by atoms with Crippen molar-refractivity contribution in [3.8, 4) is 0 Å². The molecule has 0 radical (unpaired) electrons. The van der Waals surface area contributed by atoms with Gasteiger partial charge in [-0.05, 0) is 6.92 Å². The van der Waals surface area contributed by atoms with E-state index in [4.69, 9.17) is 10.2 Å². The zero-order valence-electron chi connectivity index (χ0n) is 7.55. The van der Waals surface area contributed by atoms with Crippen LogP contribution in [0.3, 0.4) is 0 Å². The van der Waals surface area contributed by atoms with E-state index in [1.165, 1.54) is 0 Å². The standard InChI is InChI=1S/C8H12F2N2O/c1-5(11)3-7-12-6(4-13-7)8(2,9)10/h4-5H,3,11H2,1-2H3. The zero-order valence-corrected chi connectivity index (χ0v) is 7.55. The summed E-state index contributed by atoms with van der Waals surface area (Å²) in [5, 5.41) is 0. The molecule has 1 heterocycles. The van der Waals surface area contributed by atoms with Crippen LogP contribution < -0.4 is 5.73 Å². The molecular weight excluding hydrogens is 178 g/mol. The Morgan fingerprint density at radius 3 is 2.69 bits per heavy atom. The third kappa shape index (κ3) is 2.77. The third-order valence-corrected chi connectivity index (χ3v) is 1.50. The van der Waals surface area contributed by atoms with Gasteiger partial charge in [0.05, 0.1) is 0 Å². The van der Waals surface area contributed by atoms with Crippen LogP contribution in [0.15, 0.2) is 10.7 Å². The number of halogens is 2. The molecule has 0 saturated carbocycles. The predicted octanol–water partition coefficient (Wildman–Crippen LogP) is 1.68. The average Bonchev–Trinajstić information content (AvgIpc) is 2.32. The van der Waals surface area contributed by atoms with Crippen molar-refractivity contribution in [2.75, 3.05) is 0 Å². The summed E-state index contributed by atoms with van der Waals surface area (Å²) in [7, 11) is 0. The molecule has 0 aliphatic heterocycles. The van der Waals surface area contributed by atoms with Crippen LogP contribution in [0.1, 0.15) is 25.4 Å². The Kier molecular flexibility index (Phi) is 2.66. The normalized spacial score (nSPS) is 14.5. The molecule has 0 bridgehead atoms. The van der Waals surface area contributed by atoms with Gasteiger partial charge in [0.1, 0.15) is 12.0 Å². The largest absolute Gasteiger partial charge is 0.448 e. The first kappa shape index (κ1) is 10.1. The Hall–Kier alpha value is -0.970. The van der Waals surface area contributed by atoms with Crippen molar-refractivity contribution in [2.24, 2.45) is 5.73 Å². The van der Waals surface area contributed by atoms with Gasteiger partial charge in [-0.3, -0.25) is 0 Å². The summed E-state index contributed by atoms with van der Waals surface area (Å²) >= 11 is 0. The lowest BCUT2D eigenvalue weighted by Gasteiger charge is -2.03. The fourth-order valence-electron chi connectivity index (χ4n) is 0.882. The number of aromatic nitrogens is 1. The van der Waals surface area contributed by atoms with E-state index in [1.807, 2.05) is 0 Å². The maximum atomic E-state index is 12.7. The highest BCUT2D eigenvalue weighted by atomic mass is 19.3. The average molecular weight is 190 g/mol. The van der Waals surface area contributed by atoms with E-state index in [1.54, 1.807) is 6.92 Å². The van der Waals surface area contributed by atoms with Crippen molar-refractivity contribution in [1.29, 1.82) is 0 Å². The summed E-state index contributed by atoms with van der Waals surface area (Å²) in [5.41, 5.74) is 5.11. The van der Waals surface area contributed by atoms with E-state index in [0.29, 0.717) is 6.42 Å². The molecule has 2 N–H and O–H groups in total. The van der Waals surface area contributed by atoms with Crippen molar-refractivity contribution in [3.05, 3.63) is 17.8 Å². The minimum atomic E-state index is -2.94. The second-order valence-electron chi connectivity index (χ2n) is 3.20. The van der Waals surface area contributed by atoms with Gasteiger partial charge in [0, 0.05) is 19.4 Å². The predicted molar refractivity (Wildman–Crippen MR) is 43.4 cm³/mol. The Morgan fingerprint density at radius 1 is 1.69 bits per heavy atom. The monoisotopic (exact) mass is 190 g/mol. The SMILES string of the molecule is CC(N)Cc1nc(C(C)(F)F)co1. The van der Waals surface area contributed by atoms with Crippen molar-refractivity contribution < 1.29 is 13.2 Å². The fourth-order valence-corrected chi connectivity index (χ4v) is 0.882. The second kappa shape index (κ2) is 3.41. The first-order chi connectivity index (χ1) is 5.89. The van der Waals surface area contributed by atoms with Gasteiger partial charge < -0.3 is 10.2 Å². The Balaban J connectivity index is 2.75. The summed E-state index contributed by atoms with van der Waals surface area (Å²) < 4.78 is 30.1. The van der Waals surface area contributed by atoms with Gasteiger partial charge in [0.15, 0.2) is 5.89 Å². The van der Waals surface area contributed by atoms with Gasteiger partial charge in [0.25, 0.3) is 5.92 Å². The molecule has 0 aliphatic carbocycles. The zero-order chi connectivity index (χ0) is 10.1. The van der Waals surface area contributed by atoms with Crippen LogP contribution in [0, 0.1) is 0 Å². The molecule has 0 aromatic carbocycles. The lowest BCUT2D eigenvalue weighted by molar-refractivity contribution is 0.0126. The van der Waals surface area contributed by atoms with Gasteiger partial charge >= 0.3 is 0 Å². The van der Waals surface area contributed by atoms with Gasteiger partial charge in [0.2, 0.25) is 0 Å². The van der Waals surface area contributed by atoms with E-state index < -0.39 is 5.92 Å². The van der Waals surface area contributed by atoms with E-state index in [0.717, 1.165) is 13.2 Å². The fraction of sp³-hybridized carbons (Fsp3) is 0.625. The number of nitrogens with two attached hydrogens (primary N) is 1. The first-order valence-electron chi connectivity index (χ1n) is 3.98. The van der Waals surface area contributed by atoms with Crippen LogP contribution in [-0.2, 0) is 12.3 Å². The van der Waals surface area contributed by atoms with Crippen molar-refractivity contribution in [2.45, 2.75) is 32.2 Å². The van der Waals surface area contributed by atoms with Crippen LogP contribution in [0.2, 0.25) is 0 Å². The quantitative estimate of drug-likeness (QED) is 0.788. The Labute approximate surface area is 74.9 Å². The maximum Gasteiger partial charge on any atom is 0.290 e. The van der Waals surface area contributed by atoms with Gasteiger partial charge in [-0.1, -0.05) is 0 Å². The molecule has 1 aromatic heterocycles. The maximum absolute atomic E-state index is 12.7. The van der Waals surface area contributed by atoms with Crippen molar-refractivity contribution in [1.82, 2.24) is 4.98 Å².